The number of benzene rings is 3. The monoisotopic (exact) mass is 546 g/mol. The summed E-state index contributed by atoms with van der Waals surface area (Å²) in [6.07, 6.45) is 3.98. The summed E-state index contributed by atoms with van der Waals surface area (Å²) < 4.78 is 22.9. The number of anilines is 1. The quantitative estimate of drug-likeness (QED) is 0.419. The van der Waals surface area contributed by atoms with Crippen LogP contribution in [0.25, 0.3) is 0 Å². The molecule has 2 atom stereocenters. The van der Waals surface area contributed by atoms with Gasteiger partial charge in [-0.2, -0.15) is 0 Å². The van der Waals surface area contributed by atoms with Crippen LogP contribution in [-0.4, -0.2) is 49.9 Å². The average molecular weight is 547 g/mol. The molecule has 1 aliphatic carbocycles. The number of amides is 2. The Morgan fingerprint density at radius 3 is 2.33 bits per heavy atom. The Kier molecular flexibility index (Phi) is 8.28. The molecule has 0 spiro atoms. The summed E-state index contributed by atoms with van der Waals surface area (Å²) in [7, 11) is 3.04. The first-order chi connectivity index (χ1) is 19.5. The van der Waals surface area contributed by atoms with Gasteiger partial charge < -0.3 is 29.4 Å². The highest BCUT2D eigenvalue weighted by Crippen LogP contribution is 2.38. The fraction of sp³-hybridized carbons (Fsp3) is 0.355. The van der Waals surface area contributed by atoms with E-state index in [0.717, 1.165) is 32.1 Å². The van der Waals surface area contributed by atoms with Crippen LogP contribution in [-0.2, 0) is 9.59 Å². The van der Waals surface area contributed by atoms with E-state index in [-0.39, 0.29) is 24.3 Å². The van der Waals surface area contributed by atoms with Crippen LogP contribution in [0, 0.1) is 0 Å². The number of carbonyl (C=O) groups excluding carboxylic acids is 2. The van der Waals surface area contributed by atoms with Crippen molar-refractivity contribution in [1.29, 1.82) is 0 Å². The minimum absolute atomic E-state index is 0.0179. The zero-order valence-corrected chi connectivity index (χ0v) is 22.7. The number of hydrogen-bond donors (Lipinski definition) is 2. The summed E-state index contributed by atoms with van der Waals surface area (Å²) in [5.74, 6) is 1.16. The fourth-order valence-electron chi connectivity index (χ4n) is 5.28. The summed E-state index contributed by atoms with van der Waals surface area (Å²) in [6.45, 7) is -0.0216. The number of aromatic hydroxyl groups is 1. The van der Waals surface area contributed by atoms with Gasteiger partial charge in [-0.25, -0.2) is 0 Å². The van der Waals surface area contributed by atoms with Crippen LogP contribution in [0.4, 0.5) is 5.69 Å². The van der Waals surface area contributed by atoms with Crippen LogP contribution in [0.5, 0.6) is 28.7 Å². The number of phenolic OH excluding ortho intramolecular Hbond substituents is 1. The molecule has 1 saturated carbocycles. The average Bonchev–Trinajstić information content (AvgIpc) is 3.00. The Morgan fingerprint density at radius 2 is 1.62 bits per heavy atom. The Labute approximate surface area is 233 Å². The largest absolute Gasteiger partial charge is 0.508 e. The number of methoxy groups -OCH3 is 2. The van der Waals surface area contributed by atoms with Crippen LogP contribution >= 0.6 is 0 Å². The molecule has 0 bridgehead atoms. The van der Waals surface area contributed by atoms with Gasteiger partial charge in [-0.05, 0) is 54.8 Å². The van der Waals surface area contributed by atoms with Gasteiger partial charge in [0.2, 0.25) is 12.0 Å². The molecule has 40 heavy (non-hydrogen) atoms. The van der Waals surface area contributed by atoms with E-state index in [0.29, 0.717) is 34.2 Å². The van der Waals surface area contributed by atoms with Crippen molar-refractivity contribution in [3.63, 3.8) is 0 Å². The lowest BCUT2D eigenvalue weighted by Crippen LogP contribution is -2.52. The molecule has 2 N–H and O–H groups in total. The van der Waals surface area contributed by atoms with E-state index in [1.165, 1.54) is 31.3 Å². The molecule has 3 aromatic carbocycles. The minimum Gasteiger partial charge on any atom is -0.508 e. The van der Waals surface area contributed by atoms with E-state index in [1.807, 2.05) is 6.07 Å². The molecule has 2 amide bonds. The molecule has 0 radical (unpaired) electrons. The highest BCUT2D eigenvalue weighted by molar-refractivity contribution is 6.04. The van der Waals surface area contributed by atoms with Crippen LogP contribution in [0.2, 0.25) is 0 Å². The van der Waals surface area contributed by atoms with Crippen LogP contribution in [0.3, 0.4) is 0 Å². The number of nitrogens with zero attached hydrogens (tertiary/aromatic N) is 1. The smallest absolute Gasteiger partial charge is 0.272 e. The summed E-state index contributed by atoms with van der Waals surface area (Å²) in [6, 6.07) is 17.5. The van der Waals surface area contributed by atoms with Gasteiger partial charge in [0.1, 0.15) is 18.4 Å². The van der Waals surface area contributed by atoms with Crippen LogP contribution < -0.4 is 29.2 Å². The Hall–Kier alpha value is -4.40. The number of ether oxygens (including phenoxy) is 4. The van der Waals surface area contributed by atoms with E-state index in [1.54, 1.807) is 48.5 Å². The number of nitrogens with one attached hydrogen (secondary N) is 1. The molecule has 210 valence electrons. The van der Waals surface area contributed by atoms with Gasteiger partial charge in [-0.1, -0.05) is 43.5 Å². The van der Waals surface area contributed by atoms with Gasteiger partial charge in [0.05, 0.1) is 14.2 Å². The highest BCUT2D eigenvalue weighted by Gasteiger charge is 2.40. The van der Waals surface area contributed by atoms with Gasteiger partial charge in [-0.3, -0.25) is 14.5 Å². The summed E-state index contributed by atoms with van der Waals surface area (Å²) in [4.78, 5) is 29.9. The predicted molar refractivity (Wildman–Crippen MR) is 149 cm³/mol. The van der Waals surface area contributed by atoms with Gasteiger partial charge in [-0.15, -0.1) is 0 Å². The number of phenols is 1. The first-order valence-electron chi connectivity index (χ1n) is 13.5. The lowest BCUT2D eigenvalue weighted by molar-refractivity contribution is -0.132. The molecular formula is C31H34N2O7. The third kappa shape index (κ3) is 5.78. The maximum atomic E-state index is 14.4. The molecule has 3 aromatic rings. The predicted octanol–water partition coefficient (Wildman–Crippen LogP) is 4.77. The second-order valence-electron chi connectivity index (χ2n) is 9.95. The molecule has 5 rings (SSSR count). The maximum absolute atomic E-state index is 14.4. The lowest BCUT2D eigenvalue weighted by atomic mass is 9.94. The third-order valence-corrected chi connectivity index (χ3v) is 7.33. The molecule has 0 saturated heterocycles. The van der Waals surface area contributed by atoms with Crippen LogP contribution in [0.15, 0.2) is 66.7 Å². The van der Waals surface area contributed by atoms with Crippen molar-refractivity contribution in [2.45, 2.75) is 50.3 Å². The van der Waals surface area contributed by atoms with Gasteiger partial charge in [0.15, 0.2) is 23.0 Å². The molecular weight excluding hydrogens is 512 g/mol. The zero-order chi connectivity index (χ0) is 28.1. The van der Waals surface area contributed by atoms with Crippen molar-refractivity contribution in [2.75, 3.05) is 25.7 Å². The Balaban J connectivity index is 1.58. The van der Waals surface area contributed by atoms with E-state index in [4.69, 9.17) is 18.9 Å². The zero-order valence-electron chi connectivity index (χ0n) is 22.7. The molecule has 2 unspecified atom stereocenters. The Bertz CT molecular complexity index is 1340. The van der Waals surface area contributed by atoms with Gasteiger partial charge in [0.25, 0.3) is 5.91 Å². The second kappa shape index (κ2) is 12.2. The maximum Gasteiger partial charge on any atom is 0.272 e. The number of fused-ring (bicyclic) bond motifs is 1. The minimum atomic E-state index is -1.06. The van der Waals surface area contributed by atoms with E-state index < -0.39 is 18.1 Å². The van der Waals surface area contributed by atoms with E-state index in [2.05, 4.69) is 5.32 Å². The first-order valence-corrected chi connectivity index (χ1v) is 13.5. The summed E-state index contributed by atoms with van der Waals surface area (Å²) in [5.41, 5.74) is 0.952. The SMILES string of the molecule is COc1ccc(N(C(=O)C2COc3ccccc3O2)C(C(=O)NC2CCCCC2)c2ccc(O)cc2)cc1OC. The van der Waals surface area contributed by atoms with Crippen molar-refractivity contribution in [3.05, 3.63) is 72.3 Å². The highest BCUT2D eigenvalue weighted by atomic mass is 16.6. The number of carbonyl (C=O) groups is 2. The molecule has 1 aliphatic heterocycles. The van der Waals surface area contributed by atoms with Crippen LogP contribution in [0.1, 0.15) is 43.7 Å². The number of hydrogen-bond acceptors (Lipinski definition) is 7. The molecule has 9 heteroatoms. The fourth-order valence-corrected chi connectivity index (χ4v) is 5.28. The van der Waals surface area contributed by atoms with Crippen molar-refractivity contribution >= 4 is 17.5 Å². The van der Waals surface area contributed by atoms with E-state index >= 15 is 0 Å². The van der Waals surface area contributed by atoms with Crippen molar-refractivity contribution in [1.82, 2.24) is 5.32 Å². The number of para-hydroxylation sites is 2. The van der Waals surface area contributed by atoms with Crippen molar-refractivity contribution in [3.8, 4) is 28.7 Å². The second-order valence-corrected chi connectivity index (χ2v) is 9.95. The molecule has 0 aromatic heterocycles. The Morgan fingerprint density at radius 1 is 0.925 bits per heavy atom. The summed E-state index contributed by atoms with van der Waals surface area (Å²) in [5, 5.41) is 13.2. The molecule has 1 heterocycles. The van der Waals surface area contributed by atoms with Gasteiger partial charge >= 0.3 is 0 Å². The third-order valence-electron chi connectivity index (χ3n) is 7.33. The number of rotatable bonds is 8. The van der Waals surface area contributed by atoms with Gasteiger partial charge in [0, 0.05) is 17.8 Å². The van der Waals surface area contributed by atoms with Crippen molar-refractivity contribution < 1.29 is 33.6 Å². The lowest BCUT2D eigenvalue weighted by Gasteiger charge is -2.36. The molecule has 1 fully saturated rings. The normalized spacial score (nSPS) is 17.4. The first kappa shape index (κ1) is 27.2. The molecule has 2 aliphatic rings. The molecule has 9 nitrogen and oxygen atoms in total. The summed E-state index contributed by atoms with van der Waals surface area (Å²) >= 11 is 0. The standard InChI is InChI=1S/C31H34N2O7/c1-37-24-17-14-22(18-27(24)38-2)33(31(36)28-19-39-25-10-6-7-11-26(25)40-28)29(20-12-15-23(34)16-13-20)30(35)32-21-8-4-3-5-9-21/h6-7,10-18,21,28-29,34H,3-5,8-9,19H2,1-2H3,(H,32,35). The van der Waals surface area contributed by atoms with E-state index in [9.17, 15) is 14.7 Å². The van der Waals surface area contributed by atoms with Crippen molar-refractivity contribution in [2.24, 2.45) is 0 Å². The topological polar surface area (TPSA) is 107 Å².